The molecule has 6 N–H and O–H groups in total. The number of nitrogens with one attached hydrogen (secondary N) is 2. The highest BCUT2D eigenvalue weighted by atomic mass is 16.5. The molecule has 1 aliphatic carbocycles. The Hall–Kier alpha value is -5.02. The maximum absolute atomic E-state index is 12.3. The highest BCUT2D eigenvalue weighted by molar-refractivity contribution is 5.98. The molecular formula is C41H57N5O4. The van der Waals surface area contributed by atoms with Gasteiger partial charge in [0.05, 0.1) is 13.2 Å². The van der Waals surface area contributed by atoms with Gasteiger partial charge in [-0.05, 0) is 81.8 Å². The van der Waals surface area contributed by atoms with Crippen molar-refractivity contribution in [1.82, 2.24) is 15.6 Å². The lowest BCUT2D eigenvalue weighted by molar-refractivity contribution is -0.126. The van der Waals surface area contributed by atoms with Gasteiger partial charge in [0.25, 0.3) is 5.91 Å². The van der Waals surface area contributed by atoms with E-state index in [1.165, 1.54) is 61.0 Å². The number of aryl methyl sites for hydroxylation is 3. The molecule has 9 nitrogen and oxygen atoms in total. The van der Waals surface area contributed by atoms with Gasteiger partial charge in [0, 0.05) is 29.9 Å². The number of aromatic nitrogens is 1. The molecule has 2 atom stereocenters. The Morgan fingerprint density at radius 1 is 0.900 bits per heavy atom. The van der Waals surface area contributed by atoms with E-state index in [1.807, 2.05) is 62.4 Å². The molecule has 50 heavy (non-hydrogen) atoms. The molecule has 0 saturated heterocycles. The summed E-state index contributed by atoms with van der Waals surface area (Å²) < 4.78 is 5.81. The fourth-order valence-corrected chi connectivity index (χ4v) is 5.22. The number of amides is 3. The number of ether oxygens (including phenoxy) is 1. The Morgan fingerprint density at radius 2 is 1.50 bits per heavy atom. The van der Waals surface area contributed by atoms with Crippen LogP contribution in [0.3, 0.4) is 0 Å². The van der Waals surface area contributed by atoms with Crippen molar-refractivity contribution in [2.45, 2.75) is 79.2 Å². The molecule has 1 aromatic heterocycles. The van der Waals surface area contributed by atoms with E-state index in [4.69, 9.17) is 10.5 Å². The number of hydrogen-bond donors (Lipinski definition) is 4. The van der Waals surface area contributed by atoms with Crippen LogP contribution in [0, 0.1) is 13.8 Å². The van der Waals surface area contributed by atoms with E-state index in [9.17, 15) is 14.4 Å². The second kappa shape index (κ2) is 25.0. The molecule has 0 bridgehead atoms. The third-order valence-corrected chi connectivity index (χ3v) is 7.57. The molecule has 0 spiro atoms. The molecular weight excluding hydrogens is 626 g/mol. The number of nitrogens with two attached hydrogens (primary N) is 2. The lowest BCUT2D eigenvalue weighted by atomic mass is 9.82. The predicted octanol–water partition coefficient (Wildman–Crippen LogP) is 6.45. The fourth-order valence-electron chi connectivity index (χ4n) is 5.22. The molecule has 4 aromatic rings. The van der Waals surface area contributed by atoms with Crippen LogP contribution in [0.2, 0.25) is 0 Å². The number of benzene rings is 3. The lowest BCUT2D eigenvalue weighted by Crippen LogP contribution is -2.49. The molecule has 5 rings (SSSR count). The summed E-state index contributed by atoms with van der Waals surface area (Å²) in [6.07, 6.45) is 7.13. The van der Waals surface area contributed by atoms with Crippen LogP contribution in [0.15, 0.2) is 97.3 Å². The highest BCUT2D eigenvalue weighted by Gasteiger charge is 2.23. The zero-order valence-electron chi connectivity index (χ0n) is 30.9. The number of rotatable bonds is 9. The Balaban J connectivity index is 0.000000406. The number of carbonyl (C=O) groups is 3. The van der Waals surface area contributed by atoms with Crippen molar-refractivity contribution in [1.29, 1.82) is 0 Å². The van der Waals surface area contributed by atoms with Gasteiger partial charge in [-0.25, -0.2) is 0 Å². The SMILES string of the molecule is CC.CCOc1c(C)ccc2c1[C@@H](C)CCC2.CN.Cc1ccccc1.NC(=O)CNC(=O)C(Cc1ccccc1)NC(=O)c1ccncc1. The van der Waals surface area contributed by atoms with E-state index in [0.717, 1.165) is 17.9 Å². The highest BCUT2D eigenvalue weighted by Crippen LogP contribution is 2.39. The Bertz CT molecular complexity index is 1530. The smallest absolute Gasteiger partial charge is 0.252 e. The normalized spacial score (nSPS) is 12.8. The van der Waals surface area contributed by atoms with Crippen LogP contribution in [0.1, 0.15) is 84.6 Å². The van der Waals surface area contributed by atoms with E-state index in [0.29, 0.717) is 17.9 Å². The van der Waals surface area contributed by atoms with Gasteiger partial charge in [-0.15, -0.1) is 0 Å². The molecule has 0 fully saturated rings. The Labute approximate surface area is 299 Å². The lowest BCUT2D eigenvalue weighted by Gasteiger charge is -2.26. The standard InChI is InChI=1S/C17H18N4O3.C14H20O.C7H8.C2H6.CH5N/c18-15(22)11-20-17(24)14(10-12-4-2-1-3-5-12)21-16(23)13-6-8-19-9-7-13;1-4-15-14-11(3)8-9-12-7-5-6-10(2)13(12)14;1-7-5-3-2-4-6-7;2*1-2/h1-9,14H,10-11H2,(H2,18,22)(H,20,24)(H,21,23);8-10H,4-7H2,1-3H3;2-6H,1H3;1-2H3;2H2,1H3/t;10-;;;/m.0.../s1. The number of primary amides is 1. The minimum absolute atomic E-state index is 0.282. The summed E-state index contributed by atoms with van der Waals surface area (Å²) in [6.45, 7) is 13.1. The van der Waals surface area contributed by atoms with Crippen molar-refractivity contribution < 1.29 is 19.1 Å². The number of pyridine rings is 1. The first-order valence-corrected chi connectivity index (χ1v) is 17.3. The zero-order valence-corrected chi connectivity index (χ0v) is 30.9. The van der Waals surface area contributed by atoms with E-state index in [1.54, 1.807) is 12.1 Å². The summed E-state index contributed by atoms with van der Waals surface area (Å²) in [6, 6.07) is 26.3. The van der Waals surface area contributed by atoms with Crippen LogP contribution in [0.5, 0.6) is 5.75 Å². The van der Waals surface area contributed by atoms with Crippen molar-refractivity contribution >= 4 is 17.7 Å². The summed E-state index contributed by atoms with van der Waals surface area (Å²) in [7, 11) is 1.50. The minimum Gasteiger partial charge on any atom is -0.493 e. The van der Waals surface area contributed by atoms with Gasteiger partial charge < -0.3 is 26.8 Å². The van der Waals surface area contributed by atoms with Gasteiger partial charge in [0.2, 0.25) is 11.8 Å². The number of fused-ring (bicyclic) bond motifs is 1. The van der Waals surface area contributed by atoms with Crippen LogP contribution < -0.4 is 26.8 Å². The van der Waals surface area contributed by atoms with Crippen LogP contribution in [-0.4, -0.2) is 48.9 Å². The molecule has 1 unspecified atom stereocenters. The van der Waals surface area contributed by atoms with Gasteiger partial charge in [-0.3, -0.25) is 19.4 Å². The summed E-state index contributed by atoms with van der Waals surface area (Å²) in [5.41, 5.74) is 16.4. The fraction of sp³-hybridized carbons (Fsp3) is 0.366. The second-order valence-electron chi connectivity index (χ2n) is 11.3. The third-order valence-electron chi connectivity index (χ3n) is 7.57. The molecule has 1 aliphatic rings. The second-order valence-corrected chi connectivity index (χ2v) is 11.3. The van der Waals surface area contributed by atoms with Crippen LogP contribution in [0.25, 0.3) is 0 Å². The average Bonchev–Trinajstić information content (AvgIpc) is 3.15. The van der Waals surface area contributed by atoms with Crippen molar-refractivity contribution in [2.24, 2.45) is 11.5 Å². The van der Waals surface area contributed by atoms with Gasteiger partial charge in [0.15, 0.2) is 0 Å². The third kappa shape index (κ3) is 15.5. The van der Waals surface area contributed by atoms with E-state index < -0.39 is 23.8 Å². The molecule has 3 aromatic carbocycles. The van der Waals surface area contributed by atoms with Crippen LogP contribution in [0.4, 0.5) is 0 Å². The summed E-state index contributed by atoms with van der Waals surface area (Å²) in [4.78, 5) is 39.2. The van der Waals surface area contributed by atoms with Crippen molar-refractivity contribution in [3.05, 3.63) is 131 Å². The molecule has 1 heterocycles. The molecule has 3 amide bonds. The molecule has 270 valence electrons. The van der Waals surface area contributed by atoms with E-state index in [-0.39, 0.29) is 6.54 Å². The number of nitrogens with zero attached hydrogens (tertiary/aromatic N) is 1. The number of carbonyl (C=O) groups excluding carboxylic acids is 3. The maximum Gasteiger partial charge on any atom is 0.252 e. The summed E-state index contributed by atoms with van der Waals surface area (Å²) in [5.74, 6) is 0.298. The Morgan fingerprint density at radius 3 is 2.04 bits per heavy atom. The predicted molar refractivity (Wildman–Crippen MR) is 204 cm³/mol. The van der Waals surface area contributed by atoms with Gasteiger partial charge in [-0.1, -0.05) is 99.1 Å². The first-order chi connectivity index (χ1) is 24.2. The monoisotopic (exact) mass is 683 g/mol. The van der Waals surface area contributed by atoms with Crippen molar-refractivity contribution in [3.63, 3.8) is 0 Å². The van der Waals surface area contributed by atoms with E-state index in [2.05, 4.69) is 73.3 Å². The van der Waals surface area contributed by atoms with Gasteiger partial charge in [0.1, 0.15) is 11.8 Å². The maximum atomic E-state index is 12.3. The topological polar surface area (TPSA) is 149 Å². The molecule has 9 heteroatoms. The summed E-state index contributed by atoms with van der Waals surface area (Å²) >= 11 is 0. The summed E-state index contributed by atoms with van der Waals surface area (Å²) in [5, 5.41) is 5.09. The van der Waals surface area contributed by atoms with Crippen molar-refractivity contribution in [2.75, 3.05) is 20.2 Å². The van der Waals surface area contributed by atoms with Gasteiger partial charge in [-0.2, -0.15) is 0 Å². The quantitative estimate of drug-likeness (QED) is 0.159. The molecule has 0 radical (unpaired) electrons. The first-order valence-electron chi connectivity index (χ1n) is 17.3. The van der Waals surface area contributed by atoms with Crippen LogP contribution in [-0.2, 0) is 22.4 Å². The van der Waals surface area contributed by atoms with Gasteiger partial charge >= 0.3 is 0 Å². The first kappa shape index (κ1) is 43.0. The minimum atomic E-state index is -0.826. The van der Waals surface area contributed by atoms with Crippen molar-refractivity contribution in [3.8, 4) is 5.75 Å². The largest absolute Gasteiger partial charge is 0.493 e. The van der Waals surface area contributed by atoms with E-state index >= 15 is 0 Å². The zero-order chi connectivity index (χ0) is 37.3. The average molecular weight is 684 g/mol. The number of hydrogen-bond acceptors (Lipinski definition) is 6. The Kier molecular flexibility index (Phi) is 21.5. The molecule has 0 saturated carbocycles. The molecule has 0 aliphatic heterocycles. The van der Waals surface area contributed by atoms with Crippen LogP contribution >= 0.6 is 0 Å².